The Morgan fingerprint density at radius 3 is 2.53 bits per heavy atom. The average molecular weight is 431 g/mol. The van der Waals surface area contributed by atoms with Gasteiger partial charge in [-0.15, -0.1) is 11.3 Å². The summed E-state index contributed by atoms with van der Waals surface area (Å²) in [5.41, 5.74) is 2.27. The number of ether oxygens (including phenoxy) is 1. The number of thiophene rings is 1. The number of amides is 2. The molecule has 30 heavy (non-hydrogen) atoms. The van der Waals surface area contributed by atoms with Crippen LogP contribution in [0.25, 0.3) is 0 Å². The highest BCUT2D eigenvalue weighted by molar-refractivity contribution is 7.17. The monoisotopic (exact) mass is 430 g/mol. The number of rotatable bonds is 7. The molecule has 0 atom stereocenters. The molecule has 2 aromatic heterocycles. The van der Waals surface area contributed by atoms with E-state index in [2.05, 4.69) is 15.6 Å². The second-order valence-corrected chi connectivity index (χ2v) is 8.44. The Bertz CT molecular complexity index is 956. The fourth-order valence-electron chi connectivity index (χ4n) is 3.48. The van der Waals surface area contributed by atoms with Gasteiger partial charge in [0.1, 0.15) is 10.8 Å². The third kappa shape index (κ3) is 5.43. The molecule has 9 heteroatoms. The molecule has 2 heterocycles. The molecule has 2 amide bonds. The van der Waals surface area contributed by atoms with E-state index >= 15 is 0 Å². The fraction of sp³-hybridized carbons (Fsp3) is 0.429. The molecule has 3 rings (SSSR count). The van der Waals surface area contributed by atoms with E-state index in [0.717, 1.165) is 41.8 Å². The van der Waals surface area contributed by atoms with Gasteiger partial charge >= 0.3 is 5.97 Å². The summed E-state index contributed by atoms with van der Waals surface area (Å²) >= 11 is 1.44. The van der Waals surface area contributed by atoms with Gasteiger partial charge in [0, 0.05) is 10.6 Å². The maximum Gasteiger partial charge on any atom is 0.341 e. The van der Waals surface area contributed by atoms with E-state index in [1.807, 2.05) is 19.1 Å². The van der Waals surface area contributed by atoms with Gasteiger partial charge in [-0.3, -0.25) is 14.5 Å². The number of anilines is 2. The second kappa shape index (κ2) is 9.82. The topological polar surface area (TPSA) is 101 Å². The standard InChI is InChI=1S/C21H26N4O4S/c1-13-7-6-10-16(22-13)23-17(26)11-25(2)12-18(27)24-20-19(21(28)29-3)14-8-4-5-9-15(14)30-20/h6-7,10H,4-5,8-9,11-12H2,1-3H3,(H,24,27)(H,22,23,26). The normalized spacial score (nSPS) is 12.9. The van der Waals surface area contributed by atoms with Crippen molar-refractivity contribution in [3.8, 4) is 0 Å². The molecule has 8 nitrogen and oxygen atoms in total. The lowest BCUT2D eigenvalue weighted by atomic mass is 9.95. The molecular formula is C21H26N4O4S. The molecular weight excluding hydrogens is 404 g/mol. The van der Waals surface area contributed by atoms with Crippen molar-refractivity contribution in [3.63, 3.8) is 0 Å². The van der Waals surface area contributed by atoms with E-state index in [1.165, 1.54) is 18.4 Å². The van der Waals surface area contributed by atoms with Gasteiger partial charge < -0.3 is 15.4 Å². The smallest absolute Gasteiger partial charge is 0.341 e. The van der Waals surface area contributed by atoms with E-state index < -0.39 is 5.97 Å². The van der Waals surface area contributed by atoms with Crippen LogP contribution in [-0.4, -0.2) is 54.9 Å². The van der Waals surface area contributed by atoms with Crippen LogP contribution < -0.4 is 10.6 Å². The summed E-state index contributed by atoms with van der Waals surface area (Å²) in [7, 11) is 3.03. The predicted molar refractivity (Wildman–Crippen MR) is 116 cm³/mol. The van der Waals surface area contributed by atoms with E-state index in [4.69, 9.17) is 4.74 Å². The number of aromatic nitrogens is 1. The van der Waals surface area contributed by atoms with Gasteiger partial charge in [-0.1, -0.05) is 6.07 Å². The Balaban J connectivity index is 1.59. The van der Waals surface area contributed by atoms with E-state index in [9.17, 15) is 14.4 Å². The Morgan fingerprint density at radius 1 is 1.13 bits per heavy atom. The van der Waals surface area contributed by atoms with Crippen molar-refractivity contribution in [2.45, 2.75) is 32.6 Å². The number of pyridine rings is 1. The molecule has 0 unspecified atom stereocenters. The van der Waals surface area contributed by atoms with Crippen LogP contribution in [0.4, 0.5) is 10.8 Å². The predicted octanol–water partition coefficient (Wildman–Crippen LogP) is 2.63. The highest BCUT2D eigenvalue weighted by Gasteiger charge is 2.27. The Kier molecular flexibility index (Phi) is 7.17. The first-order valence-corrected chi connectivity index (χ1v) is 10.6. The van der Waals surface area contributed by atoms with Crippen molar-refractivity contribution in [3.05, 3.63) is 39.9 Å². The fourth-order valence-corrected chi connectivity index (χ4v) is 4.77. The van der Waals surface area contributed by atoms with Crippen LogP contribution in [0.5, 0.6) is 0 Å². The lowest BCUT2D eigenvalue weighted by Gasteiger charge is -2.16. The molecule has 0 aliphatic heterocycles. The minimum Gasteiger partial charge on any atom is -0.465 e. The number of fused-ring (bicyclic) bond motifs is 1. The third-order valence-electron chi connectivity index (χ3n) is 4.80. The number of nitrogens with zero attached hydrogens (tertiary/aromatic N) is 2. The lowest BCUT2D eigenvalue weighted by molar-refractivity contribution is -0.119. The molecule has 0 saturated carbocycles. The number of esters is 1. The van der Waals surface area contributed by atoms with Crippen LogP contribution in [0, 0.1) is 6.92 Å². The minimum atomic E-state index is -0.428. The summed E-state index contributed by atoms with van der Waals surface area (Å²) in [5, 5.41) is 6.08. The molecule has 0 spiro atoms. The summed E-state index contributed by atoms with van der Waals surface area (Å²) in [6, 6.07) is 5.37. The molecule has 0 bridgehead atoms. The van der Waals surface area contributed by atoms with Crippen molar-refractivity contribution in [1.29, 1.82) is 0 Å². The lowest BCUT2D eigenvalue weighted by Crippen LogP contribution is -2.36. The molecule has 2 aromatic rings. The van der Waals surface area contributed by atoms with Gasteiger partial charge in [-0.05, 0) is 57.4 Å². The van der Waals surface area contributed by atoms with Crippen molar-refractivity contribution >= 4 is 39.9 Å². The van der Waals surface area contributed by atoms with Gasteiger partial charge in [0.15, 0.2) is 0 Å². The Labute approximate surface area is 179 Å². The SMILES string of the molecule is COC(=O)c1c(NC(=O)CN(C)CC(=O)Nc2cccc(C)n2)sc2c1CCCC2. The highest BCUT2D eigenvalue weighted by Crippen LogP contribution is 2.38. The van der Waals surface area contributed by atoms with Crippen LogP contribution in [0.2, 0.25) is 0 Å². The average Bonchev–Trinajstić information content (AvgIpc) is 3.04. The maximum absolute atomic E-state index is 12.5. The molecule has 1 aliphatic rings. The van der Waals surface area contributed by atoms with Gasteiger partial charge in [0.25, 0.3) is 0 Å². The Morgan fingerprint density at radius 2 is 1.83 bits per heavy atom. The van der Waals surface area contributed by atoms with E-state index in [0.29, 0.717) is 16.4 Å². The summed E-state index contributed by atoms with van der Waals surface area (Å²) in [4.78, 5) is 44.0. The number of likely N-dealkylation sites (N-methyl/N-ethyl adjacent to an activating group) is 1. The van der Waals surface area contributed by atoms with Crippen molar-refractivity contribution in [2.24, 2.45) is 0 Å². The first-order valence-electron chi connectivity index (χ1n) is 9.82. The minimum absolute atomic E-state index is 0.0118. The van der Waals surface area contributed by atoms with Gasteiger partial charge in [-0.2, -0.15) is 0 Å². The number of carbonyl (C=O) groups is 3. The molecule has 0 saturated heterocycles. The molecule has 0 fully saturated rings. The third-order valence-corrected chi connectivity index (χ3v) is 6.00. The van der Waals surface area contributed by atoms with Gasteiger partial charge in [-0.25, -0.2) is 9.78 Å². The first-order chi connectivity index (χ1) is 14.4. The zero-order valence-electron chi connectivity index (χ0n) is 17.4. The van der Waals surface area contributed by atoms with E-state index in [1.54, 1.807) is 18.0 Å². The van der Waals surface area contributed by atoms with Gasteiger partial charge in [0.05, 0.1) is 25.8 Å². The second-order valence-electron chi connectivity index (χ2n) is 7.34. The summed E-state index contributed by atoms with van der Waals surface area (Å²) in [6.07, 6.45) is 3.83. The van der Waals surface area contributed by atoms with E-state index in [-0.39, 0.29) is 24.9 Å². The zero-order chi connectivity index (χ0) is 21.7. The number of nitrogens with one attached hydrogen (secondary N) is 2. The van der Waals surface area contributed by atoms with Crippen LogP contribution in [-0.2, 0) is 27.2 Å². The number of methoxy groups -OCH3 is 1. The molecule has 160 valence electrons. The van der Waals surface area contributed by atoms with Crippen LogP contribution in [0.15, 0.2) is 18.2 Å². The number of aryl methyl sites for hydroxylation is 2. The summed E-state index contributed by atoms with van der Waals surface area (Å²) < 4.78 is 4.93. The first kappa shape index (κ1) is 21.9. The number of hydrogen-bond acceptors (Lipinski definition) is 7. The maximum atomic E-state index is 12.5. The van der Waals surface area contributed by atoms with Crippen molar-refractivity contribution < 1.29 is 19.1 Å². The summed E-state index contributed by atoms with van der Waals surface area (Å²) in [5.74, 6) is -0.499. The van der Waals surface area contributed by atoms with Crippen LogP contribution in [0.1, 0.15) is 39.3 Å². The largest absolute Gasteiger partial charge is 0.465 e. The molecule has 0 aromatic carbocycles. The van der Waals surface area contributed by atoms with Gasteiger partial charge in [0.2, 0.25) is 11.8 Å². The number of hydrogen-bond donors (Lipinski definition) is 2. The zero-order valence-corrected chi connectivity index (χ0v) is 18.2. The van der Waals surface area contributed by atoms with Crippen molar-refractivity contribution in [2.75, 3.05) is 37.9 Å². The van der Waals surface area contributed by atoms with Crippen molar-refractivity contribution in [1.82, 2.24) is 9.88 Å². The summed E-state index contributed by atoms with van der Waals surface area (Å²) in [6.45, 7) is 1.89. The Hall–Kier alpha value is -2.78. The molecule has 0 radical (unpaired) electrons. The van der Waals surface area contributed by atoms with Crippen LogP contribution in [0.3, 0.4) is 0 Å². The highest BCUT2D eigenvalue weighted by atomic mass is 32.1. The quantitative estimate of drug-likeness (QED) is 0.655. The van der Waals surface area contributed by atoms with Crippen LogP contribution >= 0.6 is 11.3 Å². The molecule has 1 aliphatic carbocycles. The molecule has 2 N–H and O–H groups in total. The number of carbonyl (C=O) groups excluding carboxylic acids is 3.